The summed E-state index contributed by atoms with van der Waals surface area (Å²) in [4.78, 5) is 12.3. The Kier molecular flexibility index (Phi) is 2.08. The van der Waals surface area contributed by atoms with Crippen molar-refractivity contribution in [2.24, 2.45) is 7.05 Å². The van der Waals surface area contributed by atoms with Gasteiger partial charge >= 0.3 is 0 Å². The Morgan fingerprint density at radius 2 is 2.12 bits per heavy atom. The van der Waals surface area contributed by atoms with Gasteiger partial charge in [0.25, 0.3) is 0 Å². The highest BCUT2D eigenvalue weighted by atomic mass is 16.1. The van der Waals surface area contributed by atoms with Crippen LogP contribution in [0.25, 0.3) is 10.9 Å². The van der Waals surface area contributed by atoms with Crippen LogP contribution < -0.4 is 0 Å². The molecule has 0 amide bonds. The van der Waals surface area contributed by atoms with Gasteiger partial charge in [0.15, 0.2) is 0 Å². The fourth-order valence-corrected chi connectivity index (χ4v) is 2.05. The lowest BCUT2D eigenvalue weighted by atomic mass is 10.1. The molecule has 0 saturated carbocycles. The van der Waals surface area contributed by atoms with Crippen molar-refractivity contribution in [2.75, 3.05) is 0 Å². The van der Waals surface area contributed by atoms with Gasteiger partial charge in [-0.25, -0.2) is 0 Å². The molecule has 0 bridgehead atoms. The maximum absolute atomic E-state index is 12.3. The Bertz CT molecular complexity index is 680. The second-order valence-corrected chi connectivity index (χ2v) is 3.97. The molecule has 3 rings (SSSR count). The van der Waals surface area contributed by atoms with Gasteiger partial charge in [-0.3, -0.25) is 9.89 Å². The number of nitrogens with one attached hydrogen (secondary N) is 1. The number of hydrogen-bond acceptors (Lipinski definition) is 2. The molecule has 0 aliphatic rings. The van der Waals surface area contributed by atoms with E-state index < -0.39 is 0 Å². The molecule has 0 saturated heterocycles. The molecule has 0 atom stereocenters. The van der Waals surface area contributed by atoms with Gasteiger partial charge < -0.3 is 4.57 Å². The van der Waals surface area contributed by atoms with Crippen molar-refractivity contribution in [3.05, 3.63) is 54.0 Å². The van der Waals surface area contributed by atoms with Gasteiger partial charge in [-0.1, -0.05) is 18.2 Å². The average molecular weight is 225 g/mol. The minimum absolute atomic E-state index is 0.0284. The molecule has 0 radical (unpaired) electrons. The van der Waals surface area contributed by atoms with E-state index in [1.165, 1.54) is 0 Å². The van der Waals surface area contributed by atoms with E-state index in [0.717, 1.165) is 10.9 Å². The van der Waals surface area contributed by atoms with Crippen LogP contribution in [0.1, 0.15) is 16.1 Å². The lowest BCUT2D eigenvalue weighted by molar-refractivity contribution is 0.103. The Morgan fingerprint density at radius 3 is 2.88 bits per heavy atom. The van der Waals surface area contributed by atoms with E-state index in [-0.39, 0.29) is 5.78 Å². The number of aromatic amines is 1. The Morgan fingerprint density at radius 1 is 1.29 bits per heavy atom. The number of fused-ring (bicyclic) bond motifs is 1. The van der Waals surface area contributed by atoms with Gasteiger partial charge in [-0.15, -0.1) is 0 Å². The summed E-state index contributed by atoms with van der Waals surface area (Å²) in [5.41, 5.74) is 2.27. The number of hydrogen-bond donors (Lipinski definition) is 1. The first-order valence-electron chi connectivity index (χ1n) is 5.35. The Hall–Kier alpha value is -2.36. The van der Waals surface area contributed by atoms with Crippen molar-refractivity contribution >= 4 is 16.7 Å². The van der Waals surface area contributed by atoms with Gasteiger partial charge in [0.05, 0.1) is 0 Å². The Balaban J connectivity index is 2.22. The van der Waals surface area contributed by atoms with Crippen molar-refractivity contribution < 1.29 is 4.79 Å². The fourth-order valence-electron chi connectivity index (χ4n) is 2.05. The second kappa shape index (κ2) is 3.59. The number of ketones is 1. The van der Waals surface area contributed by atoms with E-state index in [1.807, 2.05) is 42.1 Å². The monoisotopic (exact) mass is 225 g/mol. The van der Waals surface area contributed by atoms with Crippen molar-refractivity contribution in [2.45, 2.75) is 0 Å². The van der Waals surface area contributed by atoms with E-state index in [1.54, 1.807) is 12.3 Å². The zero-order chi connectivity index (χ0) is 11.8. The van der Waals surface area contributed by atoms with E-state index in [2.05, 4.69) is 10.2 Å². The highest BCUT2D eigenvalue weighted by Gasteiger charge is 2.15. The molecule has 1 N–H and O–H groups in total. The van der Waals surface area contributed by atoms with Crippen LogP contribution in [0.15, 0.2) is 42.7 Å². The average Bonchev–Trinajstić information content (AvgIpc) is 2.97. The van der Waals surface area contributed by atoms with Crippen molar-refractivity contribution in [3.8, 4) is 0 Å². The molecule has 0 aliphatic heterocycles. The summed E-state index contributed by atoms with van der Waals surface area (Å²) < 4.78 is 1.96. The summed E-state index contributed by atoms with van der Waals surface area (Å²) in [5.74, 6) is -0.0284. The number of nitrogens with zero attached hydrogens (tertiary/aromatic N) is 2. The smallest absolute Gasteiger partial charge is 0.212 e. The molecule has 0 fully saturated rings. The van der Waals surface area contributed by atoms with Crippen LogP contribution in [0, 0.1) is 0 Å². The molecule has 0 aliphatic carbocycles. The highest BCUT2D eigenvalue weighted by Crippen LogP contribution is 2.22. The molecule has 1 aromatic carbocycles. The minimum atomic E-state index is -0.0284. The van der Waals surface area contributed by atoms with Gasteiger partial charge in [-0.05, 0) is 12.1 Å². The number of rotatable bonds is 2. The third-order valence-corrected chi connectivity index (χ3v) is 2.89. The van der Waals surface area contributed by atoms with E-state index >= 15 is 0 Å². The maximum atomic E-state index is 12.3. The fraction of sp³-hybridized carbons (Fsp3) is 0.0769. The van der Waals surface area contributed by atoms with Crippen molar-refractivity contribution in [1.82, 2.24) is 14.8 Å². The van der Waals surface area contributed by atoms with Crippen molar-refractivity contribution in [1.29, 1.82) is 0 Å². The van der Waals surface area contributed by atoms with E-state index in [4.69, 9.17) is 0 Å². The molecule has 84 valence electrons. The topological polar surface area (TPSA) is 50.7 Å². The van der Waals surface area contributed by atoms with Crippen LogP contribution in [0.3, 0.4) is 0 Å². The lowest BCUT2D eigenvalue weighted by Gasteiger charge is -1.95. The predicted molar refractivity (Wildman–Crippen MR) is 64.9 cm³/mol. The number of benzene rings is 1. The van der Waals surface area contributed by atoms with Crippen LogP contribution in [-0.4, -0.2) is 20.5 Å². The normalized spacial score (nSPS) is 10.9. The molecule has 4 heteroatoms. The zero-order valence-corrected chi connectivity index (χ0v) is 9.34. The molecule has 2 aromatic heterocycles. The summed E-state index contributed by atoms with van der Waals surface area (Å²) in [5, 5.41) is 7.47. The molecule has 2 heterocycles. The molecule has 4 nitrogen and oxygen atoms in total. The zero-order valence-electron chi connectivity index (χ0n) is 9.34. The van der Waals surface area contributed by atoms with Gasteiger partial charge in [0.1, 0.15) is 5.69 Å². The van der Waals surface area contributed by atoms with Gasteiger partial charge in [-0.2, -0.15) is 5.10 Å². The molecular weight excluding hydrogens is 214 g/mol. The maximum Gasteiger partial charge on any atom is 0.212 e. The van der Waals surface area contributed by atoms with Crippen LogP contribution in [0.4, 0.5) is 0 Å². The van der Waals surface area contributed by atoms with Crippen molar-refractivity contribution in [3.63, 3.8) is 0 Å². The van der Waals surface area contributed by atoms with Crippen LogP contribution in [0.5, 0.6) is 0 Å². The number of aromatic nitrogens is 3. The second-order valence-electron chi connectivity index (χ2n) is 3.97. The minimum Gasteiger partial charge on any atom is -0.350 e. The van der Waals surface area contributed by atoms with Crippen LogP contribution in [-0.2, 0) is 7.05 Å². The third-order valence-electron chi connectivity index (χ3n) is 2.89. The summed E-state index contributed by atoms with van der Waals surface area (Å²) in [6.07, 6.45) is 3.44. The first-order valence-corrected chi connectivity index (χ1v) is 5.35. The van der Waals surface area contributed by atoms with E-state index in [9.17, 15) is 4.79 Å². The third kappa shape index (κ3) is 1.45. The van der Waals surface area contributed by atoms with E-state index in [0.29, 0.717) is 11.3 Å². The largest absolute Gasteiger partial charge is 0.350 e. The number of para-hydroxylation sites is 1. The molecule has 0 spiro atoms. The molecule has 0 unspecified atom stereocenters. The van der Waals surface area contributed by atoms with Crippen LogP contribution in [0.2, 0.25) is 0 Å². The summed E-state index contributed by atoms with van der Waals surface area (Å²) in [7, 11) is 1.94. The quantitative estimate of drug-likeness (QED) is 0.679. The summed E-state index contributed by atoms with van der Waals surface area (Å²) in [6, 6.07) is 9.54. The molecule has 3 aromatic rings. The van der Waals surface area contributed by atoms with Gasteiger partial charge in [0, 0.05) is 35.9 Å². The first kappa shape index (κ1) is 9.84. The number of carbonyl (C=O) groups is 1. The number of aryl methyl sites for hydroxylation is 1. The standard InChI is InChI=1S/C13H11N3O/c1-16-8-10(9-4-2-3-5-12(9)16)13(17)11-6-7-14-15-11/h2-8H,1H3,(H,14,15). The first-order chi connectivity index (χ1) is 8.27. The number of H-pyrrole nitrogens is 1. The lowest BCUT2D eigenvalue weighted by Crippen LogP contribution is -2.00. The summed E-state index contributed by atoms with van der Waals surface area (Å²) >= 11 is 0. The Labute approximate surface area is 97.9 Å². The SMILES string of the molecule is Cn1cc(C(=O)c2ccn[nH]2)c2ccccc21. The predicted octanol–water partition coefficient (Wildman–Crippen LogP) is 2.13. The number of carbonyl (C=O) groups excluding carboxylic acids is 1. The summed E-state index contributed by atoms with van der Waals surface area (Å²) in [6.45, 7) is 0. The highest BCUT2D eigenvalue weighted by molar-refractivity contribution is 6.15. The molecular formula is C13H11N3O. The van der Waals surface area contributed by atoms with Crippen LogP contribution >= 0.6 is 0 Å². The van der Waals surface area contributed by atoms with Gasteiger partial charge in [0.2, 0.25) is 5.78 Å². The molecule has 17 heavy (non-hydrogen) atoms.